The van der Waals surface area contributed by atoms with Gasteiger partial charge in [0.1, 0.15) is 7.85 Å². The average molecular weight is 232 g/mol. The Balaban J connectivity index is 2.03. The highest BCUT2D eigenvalue weighted by Gasteiger charge is 2.10. The largest absolute Gasteiger partial charge is 0.416 e. The predicted octanol–water partition coefficient (Wildman–Crippen LogP) is 2.20. The highest BCUT2D eigenvalue weighted by Crippen LogP contribution is 2.22. The standard InChI is InChI=1S/C14H9BN2O/c15-12-9-5-4-8-11(12)14-17-16-13(18-14)10-6-2-1-3-7-10/h1-9H. The fourth-order valence-corrected chi connectivity index (χ4v) is 1.72. The third-order valence-electron chi connectivity index (χ3n) is 2.64. The van der Waals surface area contributed by atoms with Crippen LogP contribution < -0.4 is 5.46 Å². The van der Waals surface area contributed by atoms with Crippen LogP contribution in [0, 0.1) is 0 Å². The summed E-state index contributed by atoms with van der Waals surface area (Å²) in [6.45, 7) is 0. The van der Waals surface area contributed by atoms with Gasteiger partial charge in [-0.2, -0.15) is 0 Å². The lowest BCUT2D eigenvalue weighted by Gasteiger charge is -1.99. The number of hydrogen-bond donors (Lipinski definition) is 0. The summed E-state index contributed by atoms with van der Waals surface area (Å²) in [7, 11) is 5.87. The minimum absolute atomic E-state index is 0.437. The second kappa shape index (κ2) is 4.49. The first-order chi connectivity index (χ1) is 8.84. The number of nitrogens with zero attached hydrogens (tertiary/aromatic N) is 2. The molecule has 4 heteroatoms. The lowest BCUT2D eigenvalue weighted by molar-refractivity contribution is 0.585. The van der Waals surface area contributed by atoms with Crippen LogP contribution in [0.3, 0.4) is 0 Å². The van der Waals surface area contributed by atoms with Gasteiger partial charge in [-0.1, -0.05) is 47.9 Å². The Morgan fingerprint density at radius 2 is 1.44 bits per heavy atom. The van der Waals surface area contributed by atoms with E-state index in [1.807, 2.05) is 54.6 Å². The van der Waals surface area contributed by atoms with Gasteiger partial charge in [-0.05, 0) is 12.1 Å². The van der Waals surface area contributed by atoms with Crippen LogP contribution >= 0.6 is 0 Å². The molecule has 0 aliphatic carbocycles. The van der Waals surface area contributed by atoms with Gasteiger partial charge in [0, 0.05) is 11.1 Å². The molecule has 2 radical (unpaired) electrons. The van der Waals surface area contributed by atoms with Crippen LogP contribution in [0.5, 0.6) is 0 Å². The topological polar surface area (TPSA) is 38.9 Å². The zero-order valence-electron chi connectivity index (χ0n) is 9.58. The van der Waals surface area contributed by atoms with Crippen molar-refractivity contribution in [2.45, 2.75) is 0 Å². The van der Waals surface area contributed by atoms with Crippen molar-refractivity contribution >= 4 is 13.3 Å². The van der Waals surface area contributed by atoms with E-state index in [0.29, 0.717) is 17.2 Å². The van der Waals surface area contributed by atoms with Gasteiger partial charge < -0.3 is 4.42 Å². The monoisotopic (exact) mass is 232 g/mol. The summed E-state index contributed by atoms with van der Waals surface area (Å²) in [4.78, 5) is 0. The zero-order valence-corrected chi connectivity index (χ0v) is 9.58. The molecule has 0 N–H and O–H groups in total. The molecule has 0 fully saturated rings. The SMILES string of the molecule is [B]c1ccccc1-c1nnc(-c2ccccc2)o1. The van der Waals surface area contributed by atoms with Crippen molar-refractivity contribution < 1.29 is 4.42 Å². The van der Waals surface area contributed by atoms with Crippen molar-refractivity contribution in [2.24, 2.45) is 0 Å². The normalized spacial score (nSPS) is 10.4. The number of rotatable bonds is 2. The van der Waals surface area contributed by atoms with Crippen molar-refractivity contribution in [1.82, 2.24) is 10.2 Å². The lowest BCUT2D eigenvalue weighted by atomic mass is 9.91. The van der Waals surface area contributed by atoms with Gasteiger partial charge in [-0.15, -0.1) is 10.2 Å². The molecule has 3 aromatic rings. The predicted molar refractivity (Wildman–Crippen MR) is 70.6 cm³/mol. The maximum atomic E-state index is 5.87. The first-order valence-electron chi connectivity index (χ1n) is 5.58. The molecule has 0 aliphatic heterocycles. The van der Waals surface area contributed by atoms with E-state index in [-0.39, 0.29) is 0 Å². The molecule has 0 spiro atoms. The molecule has 84 valence electrons. The molecule has 0 saturated heterocycles. The number of aromatic nitrogens is 2. The highest BCUT2D eigenvalue weighted by molar-refractivity contribution is 6.35. The first kappa shape index (κ1) is 10.8. The summed E-state index contributed by atoms with van der Waals surface area (Å²) in [6.07, 6.45) is 0. The van der Waals surface area contributed by atoms with Crippen LogP contribution in [0.25, 0.3) is 22.9 Å². The first-order valence-corrected chi connectivity index (χ1v) is 5.58. The van der Waals surface area contributed by atoms with Gasteiger partial charge in [0.25, 0.3) is 0 Å². The highest BCUT2D eigenvalue weighted by atomic mass is 16.4. The molecule has 0 amide bonds. The second-order valence-electron chi connectivity index (χ2n) is 3.87. The van der Waals surface area contributed by atoms with Gasteiger partial charge in [0.15, 0.2) is 0 Å². The Morgan fingerprint density at radius 3 is 2.22 bits per heavy atom. The Labute approximate surface area is 106 Å². The molecule has 1 heterocycles. The Bertz CT molecular complexity index is 664. The fraction of sp³-hybridized carbons (Fsp3) is 0. The summed E-state index contributed by atoms with van der Waals surface area (Å²) in [5.74, 6) is 0.931. The van der Waals surface area contributed by atoms with Gasteiger partial charge in [0.05, 0.1) is 0 Å². The molecular formula is C14H9BN2O. The molecule has 0 unspecified atom stereocenters. The molecule has 0 bridgehead atoms. The van der Waals surface area contributed by atoms with E-state index in [9.17, 15) is 0 Å². The van der Waals surface area contributed by atoms with Crippen molar-refractivity contribution in [2.75, 3.05) is 0 Å². The zero-order chi connectivity index (χ0) is 12.4. The van der Waals surface area contributed by atoms with E-state index in [4.69, 9.17) is 12.3 Å². The third-order valence-corrected chi connectivity index (χ3v) is 2.64. The van der Waals surface area contributed by atoms with Crippen LogP contribution in [0.4, 0.5) is 0 Å². The molecule has 0 atom stereocenters. The molecule has 3 rings (SSSR count). The maximum absolute atomic E-state index is 5.87. The summed E-state index contributed by atoms with van der Waals surface area (Å²) in [5.41, 5.74) is 2.28. The molecule has 0 saturated carbocycles. The molecule has 1 aromatic heterocycles. The molecule has 0 aliphatic rings. The molecule has 18 heavy (non-hydrogen) atoms. The van der Waals surface area contributed by atoms with Crippen molar-refractivity contribution in [3.05, 3.63) is 54.6 Å². The smallest absolute Gasteiger partial charge is 0.248 e. The second-order valence-corrected chi connectivity index (χ2v) is 3.87. The minimum atomic E-state index is 0.437. The Hall–Kier alpha value is -2.36. The fourth-order valence-electron chi connectivity index (χ4n) is 1.72. The number of benzene rings is 2. The van der Waals surface area contributed by atoms with Crippen LogP contribution in [0.1, 0.15) is 0 Å². The van der Waals surface area contributed by atoms with Crippen molar-refractivity contribution in [1.29, 1.82) is 0 Å². The minimum Gasteiger partial charge on any atom is -0.416 e. The Kier molecular flexibility index (Phi) is 2.69. The van der Waals surface area contributed by atoms with Gasteiger partial charge >= 0.3 is 0 Å². The summed E-state index contributed by atoms with van der Waals surface area (Å²) in [6, 6.07) is 17.1. The van der Waals surface area contributed by atoms with Crippen LogP contribution in [-0.2, 0) is 0 Å². The van der Waals surface area contributed by atoms with Crippen LogP contribution in [0.2, 0.25) is 0 Å². The maximum Gasteiger partial charge on any atom is 0.248 e. The van der Waals surface area contributed by atoms with Crippen molar-refractivity contribution in [3.8, 4) is 22.9 Å². The quantitative estimate of drug-likeness (QED) is 0.635. The summed E-state index contributed by atoms with van der Waals surface area (Å²) < 4.78 is 5.63. The summed E-state index contributed by atoms with van der Waals surface area (Å²) in [5, 5.41) is 8.06. The summed E-state index contributed by atoms with van der Waals surface area (Å²) >= 11 is 0. The van der Waals surface area contributed by atoms with E-state index >= 15 is 0 Å². The lowest BCUT2D eigenvalue weighted by Crippen LogP contribution is -2.05. The third kappa shape index (κ3) is 1.93. The van der Waals surface area contributed by atoms with E-state index in [1.54, 1.807) is 0 Å². The van der Waals surface area contributed by atoms with Gasteiger partial charge in [-0.3, -0.25) is 0 Å². The molecule has 3 nitrogen and oxygen atoms in total. The van der Waals surface area contributed by atoms with E-state index in [2.05, 4.69) is 10.2 Å². The molecule has 2 aromatic carbocycles. The van der Waals surface area contributed by atoms with Gasteiger partial charge in [-0.25, -0.2) is 0 Å². The van der Waals surface area contributed by atoms with Crippen LogP contribution in [0.15, 0.2) is 59.0 Å². The van der Waals surface area contributed by atoms with Gasteiger partial charge in [0.2, 0.25) is 11.8 Å². The van der Waals surface area contributed by atoms with E-state index in [1.165, 1.54) is 0 Å². The van der Waals surface area contributed by atoms with E-state index < -0.39 is 0 Å². The number of hydrogen-bond acceptors (Lipinski definition) is 3. The van der Waals surface area contributed by atoms with Crippen molar-refractivity contribution in [3.63, 3.8) is 0 Å². The van der Waals surface area contributed by atoms with Crippen LogP contribution in [-0.4, -0.2) is 18.0 Å². The Morgan fingerprint density at radius 1 is 0.778 bits per heavy atom. The molecular weight excluding hydrogens is 223 g/mol. The van der Waals surface area contributed by atoms with E-state index in [0.717, 1.165) is 11.1 Å². The average Bonchev–Trinajstić information content (AvgIpc) is 2.90.